The van der Waals surface area contributed by atoms with Gasteiger partial charge in [-0.25, -0.2) is 0 Å². The number of hydrogen-bond donors (Lipinski definition) is 0. The molecule has 1 rings (SSSR count). The molecule has 0 bridgehead atoms. The highest BCUT2D eigenvalue weighted by Crippen LogP contribution is 2.39. The number of hydrogen-bond acceptors (Lipinski definition) is 2. The predicted octanol–water partition coefficient (Wildman–Crippen LogP) is 4.43. The molecule has 0 spiro atoms. The van der Waals surface area contributed by atoms with Crippen molar-refractivity contribution in [1.29, 1.82) is 0 Å². The van der Waals surface area contributed by atoms with Gasteiger partial charge in [0.15, 0.2) is 0 Å². The van der Waals surface area contributed by atoms with Crippen LogP contribution in [0.3, 0.4) is 0 Å². The Bertz CT molecular complexity index is 536. The van der Waals surface area contributed by atoms with Gasteiger partial charge in [0, 0.05) is 3.57 Å². The van der Waals surface area contributed by atoms with Crippen LogP contribution in [0.25, 0.3) is 0 Å². The van der Waals surface area contributed by atoms with Gasteiger partial charge in [-0.15, -0.1) is 0 Å². The number of ether oxygens (including phenoxy) is 1. The summed E-state index contributed by atoms with van der Waals surface area (Å²) < 4.78 is 80.7. The zero-order valence-electron chi connectivity index (χ0n) is 10.5. The van der Waals surface area contributed by atoms with Crippen LogP contribution in [0.4, 0.5) is 26.3 Å². The number of alkyl halides is 6. The molecule has 2 nitrogen and oxygen atoms in total. The number of benzene rings is 1. The van der Waals surface area contributed by atoms with Crippen molar-refractivity contribution in [3.05, 3.63) is 32.4 Å². The maximum absolute atomic E-state index is 12.9. The lowest BCUT2D eigenvalue weighted by molar-refractivity contribution is -0.145. The molecule has 0 saturated heterocycles. The van der Waals surface area contributed by atoms with Gasteiger partial charge in [0.25, 0.3) is 0 Å². The second kappa shape index (κ2) is 6.41. The van der Waals surface area contributed by atoms with E-state index in [1.807, 2.05) is 0 Å². The van der Waals surface area contributed by atoms with Crippen LogP contribution in [0, 0.1) is 3.57 Å². The normalized spacial score (nSPS) is 12.4. The van der Waals surface area contributed by atoms with Gasteiger partial charge < -0.3 is 4.74 Å². The van der Waals surface area contributed by atoms with Gasteiger partial charge in [0.2, 0.25) is 0 Å². The molecule has 0 N–H and O–H groups in total. The highest BCUT2D eigenvalue weighted by Gasteiger charge is 2.39. The number of esters is 1. The maximum Gasteiger partial charge on any atom is 0.417 e. The van der Waals surface area contributed by atoms with Crippen LogP contribution < -0.4 is 0 Å². The molecule has 118 valence electrons. The number of rotatable bonds is 3. The molecule has 1 aromatic rings. The van der Waals surface area contributed by atoms with Gasteiger partial charge in [0.1, 0.15) is 0 Å². The minimum absolute atomic E-state index is 0.0727. The molecule has 21 heavy (non-hydrogen) atoms. The lowest BCUT2D eigenvalue weighted by atomic mass is 10.0. The molecule has 0 aliphatic rings. The van der Waals surface area contributed by atoms with Crippen LogP contribution in [0.1, 0.15) is 23.6 Å². The van der Waals surface area contributed by atoms with Crippen molar-refractivity contribution in [2.75, 3.05) is 6.61 Å². The molecule has 0 aliphatic heterocycles. The van der Waals surface area contributed by atoms with Crippen LogP contribution >= 0.6 is 22.6 Å². The van der Waals surface area contributed by atoms with E-state index in [-0.39, 0.29) is 6.61 Å². The Kier molecular flexibility index (Phi) is 5.51. The number of halogens is 7. The Labute approximate surface area is 129 Å². The van der Waals surface area contributed by atoms with Crippen molar-refractivity contribution >= 4 is 28.6 Å². The van der Waals surface area contributed by atoms with Crippen molar-refractivity contribution in [3.63, 3.8) is 0 Å². The third-order valence-electron chi connectivity index (χ3n) is 2.44. The second-order valence-electron chi connectivity index (χ2n) is 3.97. The van der Waals surface area contributed by atoms with Crippen LogP contribution in [0.5, 0.6) is 0 Å². The molecule has 0 aromatic heterocycles. The van der Waals surface area contributed by atoms with Crippen LogP contribution in [-0.2, 0) is 28.3 Å². The van der Waals surface area contributed by atoms with Crippen molar-refractivity contribution in [2.45, 2.75) is 25.7 Å². The first kappa shape index (κ1) is 18.1. The lowest BCUT2D eigenvalue weighted by Crippen LogP contribution is -2.17. The minimum atomic E-state index is -4.86. The van der Waals surface area contributed by atoms with E-state index in [0.29, 0.717) is 12.1 Å². The lowest BCUT2D eigenvalue weighted by Gasteiger charge is -2.17. The van der Waals surface area contributed by atoms with Crippen molar-refractivity contribution in [2.24, 2.45) is 0 Å². The first-order chi connectivity index (χ1) is 9.46. The zero-order valence-corrected chi connectivity index (χ0v) is 12.7. The first-order valence-electron chi connectivity index (χ1n) is 5.59. The average Bonchev–Trinajstić information content (AvgIpc) is 2.28. The van der Waals surface area contributed by atoms with E-state index in [1.165, 1.54) is 29.5 Å². The quantitative estimate of drug-likeness (QED) is 0.406. The van der Waals surface area contributed by atoms with E-state index < -0.39 is 45.0 Å². The summed E-state index contributed by atoms with van der Waals surface area (Å²) in [5.74, 6) is -1.02. The smallest absolute Gasteiger partial charge is 0.417 e. The molecule has 0 amide bonds. The second-order valence-corrected chi connectivity index (χ2v) is 5.13. The molecule has 0 fully saturated rings. The van der Waals surface area contributed by atoms with Crippen molar-refractivity contribution in [1.82, 2.24) is 0 Å². The molecular formula is C12H9F6IO2. The summed E-state index contributed by atoms with van der Waals surface area (Å²) in [7, 11) is 0. The topological polar surface area (TPSA) is 26.3 Å². The van der Waals surface area contributed by atoms with E-state index in [0.717, 1.165) is 0 Å². The SMILES string of the molecule is CCOC(=O)Cc1cc(C(F)(F)F)c(I)cc1C(F)(F)F. The van der Waals surface area contributed by atoms with Gasteiger partial charge in [-0.3, -0.25) is 4.79 Å². The standard InChI is InChI=1S/C12H9F6IO2/c1-2-21-10(20)4-6-3-8(12(16,17)18)9(19)5-7(6)11(13,14)15/h3,5H,2,4H2,1H3. The van der Waals surface area contributed by atoms with Gasteiger partial charge in [0.05, 0.1) is 24.2 Å². The zero-order chi connectivity index (χ0) is 16.4. The molecule has 0 radical (unpaired) electrons. The summed E-state index contributed by atoms with van der Waals surface area (Å²) >= 11 is 1.18. The monoisotopic (exact) mass is 426 g/mol. The number of carbonyl (C=O) groups excluding carboxylic acids is 1. The van der Waals surface area contributed by atoms with Crippen molar-refractivity contribution < 1.29 is 35.9 Å². The van der Waals surface area contributed by atoms with Crippen LogP contribution in [0.15, 0.2) is 12.1 Å². The third kappa shape index (κ3) is 4.75. The molecule has 1 aromatic carbocycles. The molecule has 0 unspecified atom stereocenters. The molecule has 0 heterocycles. The van der Waals surface area contributed by atoms with E-state index in [4.69, 9.17) is 0 Å². The Morgan fingerprint density at radius 2 is 1.62 bits per heavy atom. The van der Waals surface area contributed by atoms with Gasteiger partial charge in [-0.2, -0.15) is 26.3 Å². The molecular weight excluding hydrogens is 417 g/mol. The molecule has 0 aliphatic carbocycles. The molecule has 0 atom stereocenters. The fourth-order valence-corrected chi connectivity index (χ4v) is 2.39. The minimum Gasteiger partial charge on any atom is -0.466 e. The maximum atomic E-state index is 12.9. The summed E-state index contributed by atoms with van der Waals surface area (Å²) in [5.41, 5.74) is -3.24. The highest BCUT2D eigenvalue weighted by atomic mass is 127. The summed E-state index contributed by atoms with van der Waals surface area (Å²) in [6.45, 7) is 1.37. The van der Waals surface area contributed by atoms with E-state index in [2.05, 4.69) is 4.74 Å². The summed E-state index contributed by atoms with van der Waals surface area (Å²) in [4.78, 5) is 11.3. The van der Waals surface area contributed by atoms with E-state index >= 15 is 0 Å². The highest BCUT2D eigenvalue weighted by molar-refractivity contribution is 14.1. The summed E-state index contributed by atoms with van der Waals surface area (Å²) in [6.07, 6.45) is -10.5. The largest absolute Gasteiger partial charge is 0.466 e. The van der Waals surface area contributed by atoms with Crippen LogP contribution in [-0.4, -0.2) is 12.6 Å². The summed E-state index contributed by atoms with van der Waals surface area (Å²) in [5, 5.41) is 0. The summed E-state index contributed by atoms with van der Waals surface area (Å²) in [6, 6.07) is 0.736. The Hall–Kier alpha value is -1.00. The fraction of sp³-hybridized carbons (Fsp3) is 0.417. The molecule has 9 heteroatoms. The number of carbonyl (C=O) groups is 1. The average molecular weight is 426 g/mol. The molecule has 0 saturated carbocycles. The Balaban J connectivity index is 3.38. The Morgan fingerprint density at radius 1 is 1.10 bits per heavy atom. The third-order valence-corrected chi connectivity index (χ3v) is 3.34. The van der Waals surface area contributed by atoms with E-state index in [1.54, 1.807) is 0 Å². The van der Waals surface area contributed by atoms with E-state index in [9.17, 15) is 31.1 Å². The van der Waals surface area contributed by atoms with Gasteiger partial charge in [-0.1, -0.05) is 0 Å². The predicted molar refractivity (Wildman–Crippen MR) is 69.5 cm³/mol. The van der Waals surface area contributed by atoms with Crippen molar-refractivity contribution in [3.8, 4) is 0 Å². The van der Waals surface area contributed by atoms with Crippen LogP contribution in [0.2, 0.25) is 0 Å². The van der Waals surface area contributed by atoms with Gasteiger partial charge >= 0.3 is 18.3 Å². The van der Waals surface area contributed by atoms with Gasteiger partial charge in [-0.05, 0) is 47.2 Å². The Morgan fingerprint density at radius 3 is 2.05 bits per heavy atom. The fourth-order valence-electron chi connectivity index (χ4n) is 1.61. The first-order valence-corrected chi connectivity index (χ1v) is 6.67.